The molecule has 1 spiro atoms. The van der Waals surface area contributed by atoms with Crippen molar-refractivity contribution in [2.24, 2.45) is 0 Å². The molecule has 7 heteroatoms. The summed E-state index contributed by atoms with van der Waals surface area (Å²) in [6.45, 7) is 6.02. The van der Waals surface area contributed by atoms with Crippen LogP contribution in [0.1, 0.15) is 40.3 Å². The predicted octanol–water partition coefficient (Wildman–Crippen LogP) is 3.15. The third-order valence-electron chi connectivity index (χ3n) is 7.18. The van der Waals surface area contributed by atoms with E-state index in [2.05, 4.69) is 34.1 Å². The maximum atomic E-state index is 13.5. The second-order valence-corrected chi connectivity index (χ2v) is 9.09. The van der Waals surface area contributed by atoms with Gasteiger partial charge in [-0.2, -0.15) is 5.10 Å². The fourth-order valence-electron chi connectivity index (χ4n) is 5.16. The maximum absolute atomic E-state index is 13.5. The molecule has 0 bridgehead atoms. The van der Waals surface area contributed by atoms with Crippen LogP contribution in [-0.4, -0.2) is 63.8 Å². The molecule has 1 saturated carbocycles. The topological polar surface area (TPSA) is 63.5 Å². The van der Waals surface area contributed by atoms with Crippen LogP contribution in [0.4, 0.5) is 0 Å². The van der Waals surface area contributed by atoms with E-state index < -0.39 is 0 Å². The van der Waals surface area contributed by atoms with E-state index in [1.807, 2.05) is 41.9 Å². The van der Waals surface area contributed by atoms with Crippen LogP contribution in [0.15, 0.2) is 42.6 Å². The van der Waals surface area contributed by atoms with Gasteiger partial charge in [-0.1, -0.05) is 18.2 Å². The molecule has 3 aromatic rings. The molecule has 2 aliphatic heterocycles. The minimum atomic E-state index is -0.222. The van der Waals surface area contributed by atoms with Crippen LogP contribution in [0.3, 0.4) is 0 Å². The number of fused-ring (bicyclic) bond motifs is 4. The lowest BCUT2D eigenvalue weighted by atomic mass is 9.96. The molecule has 1 saturated heterocycles. The van der Waals surface area contributed by atoms with Gasteiger partial charge in [-0.05, 0) is 43.5 Å². The van der Waals surface area contributed by atoms with Crippen molar-refractivity contribution < 1.29 is 9.53 Å². The molecule has 164 valence electrons. The molecule has 0 atom stereocenters. The molecule has 0 radical (unpaired) electrons. The van der Waals surface area contributed by atoms with Crippen molar-refractivity contribution in [2.75, 3.05) is 33.4 Å². The zero-order valence-electron chi connectivity index (χ0n) is 18.5. The Balaban J connectivity index is 1.49. The molecule has 4 heterocycles. The minimum Gasteiger partial charge on any atom is -0.379 e. The molecule has 2 aromatic heterocycles. The fraction of sp³-hybridized carbons (Fsp3) is 0.400. The highest BCUT2D eigenvalue weighted by Crippen LogP contribution is 2.54. The Morgan fingerprint density at radius 3 is 2.69 bits per heavy atom. The standard InChI is InChI=1S/C25H27N5O2/c1-17-20(4-3-9-26-17)18-5-6-21-22(14-18)30-23(24(31)28(2)25(21)7-8-25)15-19(27-30)16-29-10-12-32-13-11-29/h3-6,9,14-15H,7-8,10-13,16H2,1-2H3. The number of hydrogen-bond acceptors (Lipinski definition) is 5. The first-order valence-corrected chi connectivity index (χ1v) is 11.3. The Kier molecular flexibility index (Phi) is 4.45. The normalized spacial score (nSPS) is 19.6. The molecule has 1 amide bonds. The summed E-state index contributed by atoms with van der Waals surface area (Å²) in [5.74, 6) is 0.0403. The van der Waals surface area contributed by atoms with Gasteiger partial charge < -0.3 is 9.64 Å². The van der Waals surface area contributed by atoms with Crippen molar-refractivity contribution in [3.8, 4) is 16.8 Å². The predicted molar refractivity (Wildman–Crippen MR) is 121 cm³/mol. The van der Waals surface area contributed by atoms with Gasteiger partial charge in [0.25, 0.3) is 5.91 Å². The average molecular weight is 430 g/mol. The van der Waals surface area contributed by atoms with Crippen molar-refractivity contribution in [2.45, 2.75) is 31.8 Å². The van der Waals surface area contributed by atoms with Crippen LogP contribution in [0, 0.1) is 6.92 Å². The van der Waals surface area contributed by atoms with Crippen LogP contribution < -0.4 is 0 Å². The van der Waals surface area contributed by atoms with Crippen LogP contribution in [-0.2, 0) is 16.8 Å². The van der Waals surface area contributed by atoms with Gasteiger partial charge >= 0.3 is 0 Å². The maximum Gasteiger partial charge on any atom is 0.273 e. The number of rotatable bonds is 3. The number of nitrogens with zero attached hydrogens (tertiary/aromatic N) is 5. The number of morpholine rings is 1. The summed E-state index contributed by atoms with van der Waals surface area (Å²) in [6.07, 6.45) is 3.79. The lowest BCUT2D eigenvalue weighted by Crippen LogP contribution is -2.36. The van der Waals surface area contributed by atoms with Gasteiger partial charge in [-0.15, -0.1) is 0 Å². The number of amides is 1. The highest BCUT2D eigenvalue weighted by Gasteiger charge is 2.53. The summed E-state index contributed by atoms with van der Waals surface area (Å²) in [4.78, 5) is 22.2. The highest BCUT2D eigenvalue weighted by molar-refractivity contribution is 5.95. The second-order valence-electron chi connectivity index (χ2n) is 9.09. The SMILES string of the molecule is Cc1ncccc1-c1ccc2c(c1)-n1nc(CN3CCOCC3)cc1C(=O)N(C)C21CC1. The first-order chi connectivity index (χ1) is 15.6. The van der Waals surface area contributed by atoms with Crippen LogP contribution >= 0.6 is 0 Å². The number of pyridine rings is 1. The summed E-state index contributed by atoms with van der Waals surface area (Å²) in [5.41, 5.74) is 6.71. The molecule has 6 rings (SSSR count). The molecular formula is C25H27N5O2. The Hall–Kier alpha value is -3.03. The molecule has 0 N–H and O–H groups in total. The zero-order chi connectivity index (χ0) is 21.9. The Morgan fingerprint density at radius 2 is 1.94 bits per heavy atom. The summed E-state index contributed by atoms with van der Waals surface area (Å²) in [5, 5.41) is 4.95. The second kappa shape index (κ2) is 7.25. The van der Waals surface area contributed by atoms with Gasteiger partial charge in [-0.3, -0.25) is 14.7 Å². The van der Waals surface area contributed by atoms with E-state index in [0.717, 1.165) is 73.9 Å². The van der Waals surface area contributed by atoms with Crippen LogP contribution in [0.25, 0.3) is 16.8 Å². The first-order valence-electron chi connectivity index (χ1n) is 11.3. The molecule has 1 aliphatic carbocycles. The Bertz CT molecular complexity index is 1210. The lowest BCUT2D eigenvalue weighted by molar-refractivity contribution is 0.0336. The number of hydrogen-bond donors (Lipinski definition) is 0. The van der Waals surface area contributed by atoms with Crippen molar-refractivity contribution >= 4 is 5.91 Å². The van der Waals surface area contributed by atoms with Crippen molar-refractivity contribution in [1.29, 1.82) is 0 Å². The zero-order valence-corrected chi connectivity index (χ0v) is 18.5. The van der Waals surface area contributed by atoms with E-state index in [-0.39, 0.29) is 11.4 Å². The van der Waals surface area contributed by atoms with Crippen LogP contribution in [0.2, 0.25) is 0 Å². The smallest absolute Gasteiger partial charge is 0.273 e. The number of carbonyl (C=O) groups excluding carboxylic acids is 1. The summed E-state index contributed by atoms with van der Waals surface area (Å²) >= 11 is 0. The third kappa shape index (κ3) is 2.99. The van der Waals surface area contributed by atoms with E-state index in [9.17, 15) is 4.79 Å². The fourth-order valence-corrected chi connectivity index (χ4v) is 5.16. The van der Waals surface area contributed by atoms with E-state index in [1.54, 1.807) is 0 Å². The number of carbonyl (C=O) groups is 1. The number of aryl methyl sites for hydroxylation is 1. The summed E-state index contributed by atoms with van der Waals surface area (Å²) in [7, 11) is 1.93. The van der Waals surface area contributed by atoms with Crippen molar-refractivity contribution in [1.82, 2.24) is 24.6 Å². The minimum absolute atomic E-state index is 0.0403. The van der Waals surface area contributed by atoms with Crippen LogP contribution in [0.5, 0.6) is 0 Å². The molecule has 0 unspecified atom stereocenters. The molecular weight excluding hydrogens is 402 g/mol. The molecule has 2 fully saturated rings. The van der Waals surface area contributed by atoms with Crippen molar-refractivity contribution in [3.05, 3.63) is 65.2 Å². The van der Waals surface area contributed by atoms with E-state index >= 15 is 0 Å². The van der Waals surface area contributed by atoms with E-state index in [4.69, 9.17) is 9.84 Å². The van der Waals surface area contributed by atoms with Gasteiger partial charge in [-0.25, -0.2) is 4.68 Å². The number of benzene rings is 1. The number of aromatic nitrogens is 3. The lowest BCUT2D eigenvalue weighted by Gasteiger charge is -2.27. The Morgan fingerprint density at radius 1 is 1.12 bits per heavy atom. The van der Waals surface area contributed by atoms with Crippen molar-refractivity contribution in [3.63, 3.8) is 0 Å². The molecule has 1 aromatic carbocycles. The van der Waals surface area contributed by atoms with Gasteiger partial charge in [0.2, 0.25) is 0 Å². The first kappa shape index (κ1) is 19.6. The Labute approximate surface area is 187 Å². The monoisotopic (exact) mass is 429 g/mol. The van der Waals surface area contributed by atoms with E-state index in [0.29, 0.717) is 5.69 Å². The number of ether oxygens (including phenoxy) is 1. The third-order valence-corrected chi connectivity index (χ3v) is 7.18. The summed E-state index contributed by atoms with van der Waals surface area (Å²) in [6, 6.07) is 12.6. The largest absolute Gasteiger partial charge is 0.379 e. The summed E-state index contributed by atoms with van der Waals surface area (Å²) < 4.78 is 7.36. The van der Waals surface area contributed by atoms with Gasteiger partial charge in [0, 0.05) is 49.7 Å². The van der Waals surface area contributed by atoms with Gasteiger partial charge in [0.05, 0.1) is 30.1 Å². The molecule has 32 heavy (non-hydrogen) atoms. The molecule has 7 nitrogen and oxygen atoms in total. The van der Waals surface area contributed by atoms with E-state index in [1.165, 1.54) is 5.56 Å². The average Bonchev–Trinajstić information content (AvgIpc) is 3.53. The quantitative estimate of drug-likeness (QED) is 0.640. The van der Waals surface area contributed by atoms with Gasteiger partial charge in [0.15, 0.2) is 0 Å². The highest BCUT2D eigenvalue weighted by atomic mass is 16.5. The molecule has 3 aliphatic rings. The van der Waals surface area contributed by atoms with Gasteiger partial charge in [0.1, 0.15) is 5.69 Å².